The van der Waals surface area contributed by atoms with Crippen molar-refractivity contribution in [2.45, 2.75) is 92.4 Å². The Morgan fingerprint density at radius 3 is 1.96 bits per heavy atom. The molecule has 0 N–H and O–H groups in total. The maximum Gasteiger partial charge on any atom is 0.141 e. The molecule has 0 bridgehead atoms. The van der Waals surface area contributed by atoms with Gasteiger partial charge >= 0.3 is 0 Å². The Morgan fingerprint density at radius 1 is 0.783 bits per heavy atom. The molecule has 2 heteroatoms. The summed E-state index contributed by atoms with van der Waals surface area (Å²) in [5.41, 5.74) is -0.445. The van der Waals surface area contributed by atoms with E-state index in [1.165, 1.54) is 19.3 Å². The average molecular weight is 321 g/mol. The van der Waals surface area contributed by atoms with E-state index in [-0.39, 0.29) is 16.7 Å². The molecule has 2 nitrogen and oxygen atoms in total. The molecule has 2 saturated carbocycles. The maximum atomic E-state index is 12.9. The van der Waals surface area contributed by atoms with E-state index in [9.17, 15) is 9.59 Å². The van der Waals surface area contributed by atoms with Gasteiger partial charge in [0.2, 0.25) is 0 Å². The molecule has 23 heavy (non-hydrogen) atoms. The van der Waals surface area contributed by atoms with Crippen LogP contribution in [0.1, 0.15) is 92.4 Å². The van der Waals surface area contributed by atoms with E-state index in [0.717, 1.165) is 38.5 Å². The van der Waals surface area contributed by atoms with E-state index < -0.39 is 0 Å². The number of ketones is 2. The van der Waals surface area contributed by atoms with Crippen molar-refractivity contribution in [3.63, 3.8) is 0 Å². The number of rotatable bonds is 5. The highest BCUT2D eigenvalue weighted by Gasteiger charge is 2.40. The second kappa shape index (κ2) is 7.07. The zero-order chi connectivity index (χ0) is 17.3. The van der Waals surface area contributed by atoms with Crippen LogP contribution < -0.4 is 0 Å². The van der Waals surface area contributed by atoms with Crippen LogP contribution in [0.15, 0.2) is 0 Å². The van der Waals surface area contributed by atoms with Crippen LogP contribution in [0.5, 0.6) is 0 Å². The van der Waals surface area contributed by atoms with E-state index in [1.54, 1.807) is 0 Å². The average Bonchev–Trinajstić information content (AvgIpc) is 2.93. The molecule has 132 valence electrons. The fraction of sp³-hybridized carbons (Fsp3) is 0.905. The van der Waals surface area contributed by atoms with Gasteiger partial charge in [0.05, 0.1) is 0 Å². The van der Waals surface area contributed by atoms with Crippen LogP contribution in [0.25, 0.3) is 0 Å². The van der Waals surface area contributed by atoms with Gasteiger partial charge in [-0.25, -0.2) is 0 Å². The standard InChI is InChI=1S/C21H36O2/c1-20(2,3)18(22)17-12-11-15(13-17)14-21(4,5)19(23)16-9-7-6-8-10-16/h15-17H,6-14H2,1-5H3. The fourth-order valence-corrected chi connectivity index (χ4v) is 4.85. The molecule has 2 atom stereocenters. The number of carbonyl (C=O) groups excluding carboxylic acids is 2. The number of hydrogen-bond donors (Lipinski definition) is 0. The smallest absolute Gasteiger partial charge is 0.141 e. The third-order valence-corrected chi connectivity index (χ3v) is 6.09. The topological polar surface area (TPSA) is 34.1 Å². The third-order valence-electron chi connectivity index (χ3n) is 6.09. The van der Waals surface area contributed by atoms with Crippen LogP contribution in [-0.4, -0.2) is 11.6 Å². The molecule has 0 radical (unpaired) electrons. The van der Waals surface area contributed by atoms with Crippen molar-refractivity contribution in [3.05, 3.63) is 0 Å². The van der Waals surface area contributed by atoms with E-state index in [0.29, 0.717) is 23.4 Å². The Labute approximate surface area is 142 Å². The van der Waals surface area contributed by atoms with Crippen molar-refractivity contribution in [1.82, 2.24) is 0 Å². The zero-order valence-electron chi connectivity index (χ0n) is 15.9. The monoisotopic (exact) mass is 320 g/mol. The molecular weight excluding hydrogens is 284 g/mol. The summed E-state index contributed by atoms with van der Waals surface area (Å²) in [5, 5.41) is 0. The minimum Gasteiger partial charge on any atom is -0.299 e. The normalized spacial score (nSPS) is 27.2. The fourth-order valence-electron chi connectivity index (χ4n) is 4.85. The molecule has 0 heterocycles. The van der Waals surface area contributed by atoms with Crippen molar-refractivity contribution in [1.29, 1.82) is 0 Å². The predicted molar refractivity (Wildman–Crippen MR) is 95.3 cm³/mol. The summed E-state index contributed by atoms with van der Waals surface area (Å²) in [6.07, 6.45) is 10.0. The molecule has 0 aromatic carbocycles. The molecule has 2 rings (SSSR count). The summed E-state index contributed by atoms with van der Waals surface area (Å²) < 4.78 is 0. The molecule has 0 spiro atoms. The van der Waals surface area contributed by atoms with Gasteiger partial charge in [-0.15, -0.1) is 0 Å². The van der Waals surface area contributed by atoms with E-state index in [4.69, 9.17) is 0 Å². The van der Waals surface area contributed by atoms with Crippen LogP contribution >= 0.6 is 0 Å². The van der Waals surface area contributed by atoms with Crippen molar-refractivity contribution in [2.75, 3.05) is 0 Å². The van der Waals surface area contributed by atoms with Gasteiger partial charge < -0.3 is 0 Å². The molecule has 0 aromatic rings. The largest absolute Gasteiger partial charge is 0.299 e. The van der Waals surface area contributed by atoms with Gasteiger partial charge in [-0.05, 0) is 44.4 Å². The quantitative estimate of drug-likeness (QED) is 0.662. The summed E-state index contributed by atoms with van der Waals surface area (Å²) >= 11 is 0. The Balaban J connectivity index is 1.91. The molecule has 2 aliphatic carbocycles. The first-order valence-corrected chi connectivity index (χ1v) is 9.70. The van der Waals surface area contributed by atoms with Crippen LogP contribution in [0.4, 0.5) is 0 Å². The van der Waals surface area contributed by atoms with Crippen molar-refractivity contribution >= 4 is 11.6 Å². The highest BCUT2D eigenvalue weighted by Crippen LogP contribution is 2.43. The van der Waals surface area contributed by atoms with Crippen LogP contribution in [0, 0.1) is 28.6 Å². The van der Waals surface area contributed by atoms with Gasteiger partial charge in [0.25, 0.3) is 0 Å². The summed E-state index contributed by atoms with van der Waals surface area (Å²) in [7, 11) is 0. The summed E-state index contributed by atoms with van der Waals surface area (Å²) in [6.45, 7) is 10.4. The molecule has 0 aliphatic heterocycles. The van der Waals surface area contributed by atoms with Gasteiger partial charge in [0.1, 0.15) is 11.6 Å². The highest BCUT2D eigenvalue weighted by molar-refractivity contribution is 5.87. The third kappa shape index (κ3) is 4.67. The first kappa shape index (κ1) is 18.7. The molecule has 0 aromatic heterocycles. The van der Waals surface area contributed by atoms with Crippen molar-refractivity contribution < 1.29 is 9.59 Å². The van der Waals surface area contributed by atoms with Gasteiger partial charge in [-0.2, -0.15) is 0 Å². The molecule has 2 aliphatic rings. The molecule has 2 fully saturated rings. The van der Waals surface area contributed by atoms with Crippen molar-refractivity contribution in [2.24, 2.45) is 28.6 Å². The maximum absolute atomic E-state index is 12.9. The summed E-state index contributed by atoms with van der Waals surface area (Å²) in [6, 6.07) is 0. The van der Waals surface area contributed by atoms with E-state index >= 15 is 0 Å². The molecule has 0 saturated heterocycles. The van der Waals surface area contributed by atoms with Crippen LogP contribution in [0.3, 0.4) is 0 Å². The minimum atomic E-state index is -0.229. The lowest BCUT2D eigenvalue weighted by atomic mass is 9.71. The summed E-state index contributed by atoms with van der Waals surface area (Å²) in [5.74, 6) is 1.97. The van der Waals surface area contributed by atoms with Crippen LogP contribution in [-0.2, 0) is 9.59 Å². The molecular formula is C21H36O2. The Hall–Kier alpha value is -0.660. The van der Waals surface area contributed by atoms with E-state index in [1.807, 2.05) is 20.8 Å². The van der Waals surface area contributed by atoms with E-state index in [2.05, 4.69) is 13.8 Å². The summed E-state index contributed by atoms with van der Waals surface area (Å²) in [4.78, 5) is 25.4. The lowest BCUT2D eigenvalue weighted by Crippen LogP contribution is -2.34. The lowest BCUT2D eigenvalue weighted by molar-refractivity contribution is -0.133. The molecule has 0 amide bonds. The second-order valence-corrected chi connectivity index (χ2v) is 9.78. The highest BCUT2D eigenvalue weighted by atomic mass is 16.1. The number of Topliss-reactive ketones (excluding diaryl/α,β-unsaturated/α-hetero) is 2. The first-order valence-electron chi connectivity index (χ1n) is 9.70. The SMILES string of the molecule is CC(C)(C)C(=O)C1CCC(CC(C)(C)C(=O)C2CCCCC2)C1. The van der Waals surface area contributed by atoms with Crippen LogP contribution in [0.2, 0.25) is 0 Å². The Kier molecular flexibility index (Phi) is 5.74. The van der Waals surface area contributed by atoms with Crippen molar-refractivity contribution in [3.8, 4) is 0 Å². The second-order valence-electron chi connectivity index (χ2n) is 9.78. The number of hydrogen-bond acceptors (Lipinski definition) is 2. The first-order chi connectivity index (χ1) is 10.6. The Morgan fingerprint density at radius 2 is 1.39 bits per heavy atom. The molecule has 2 unspecified atom stereocenters. The minimum absolute atomic E-state index is 0.216. The van der Waals surface area contributed by atoms with Gasteiger partial charge in [0, 0.05) is 22.7 Å². The van der Waals surface area contributed by atoms with Gasteiger partial charge in [-0.1, -0.05) is 53.9 Å². The Bertz CT molecular complexity index is 435. The zero-order valence-corrected chi connectivity index (χ0v) is 15.9. The predicted octanol–water partition coefficient (Wildman–Crippen LogP) is 5.58. The lowest BCUT2D eigenvalue weighted by Gasteiger charge is -2.32. The van der Waals surface area contributed by atoms with Gasteiger partial charge in [0.15, 0.2) is 0 Å². The number of carbonyl (C=O) groups is 2. The van der Waals surface area contributed by atoms with Gasteiger partial charge in [-0.3, -0.25) is 9.59 Å².